The van der Waals surface area contributed by atoms with Crippen LogP contribution in [0, 0.1) is 0 Å². The lowest BCUT2D eigenvalue weighted by atomic mass is 10.2. The molecule has 0 bridgehead atoms. The van der Waals surface area contributed by atoms with Crippen LogP contribution in [-0.4, -0.2) is 24.2 Å². The van der Waals surface area contributed by atoms with Crippen molar-refractivity contribution in [3.63, 3.8) is 0 Å². The summed E-state index contributed by atoms with van der Waals surface area (Å²) in [6.07, 6.45) is 3.83. The Morgan fingerprint density at radius 2 is 2.44 bits per heavy atom. The van der Waals surface area contributed by atoms with Gasteiger partial charge in [-0.2, -0.15) is 0 Å². The molecule has 4 nitrogen and oxygen atoms in total. The van der Waals surface area contributed by atoms with E-state index in [-0.39, 0.29) is 0 Å². The fourth-order valence-electron chi connectivity index (χ4n) is 2.35. The molecule has 3 N–H and O–H groups in total. The fraction of sp³-hybridized carbons (Fsp3) is 0.462. The summed E-state index contributed by atoms with van der Waals surface area (Å²) >= 11 is 1.62. The molecule has 96 valence electrons. The maximum Gasteiger partial charge on any atom is 0.106 e. The minimum Gasteiger partial charge on any atom is -0.395 e. The summed E-state index contributed by atoms with van der Waals surface area (Å²) in [6, 6.07) is 4.10. The van der Waals surface area contributed by atoms with Crippen LogP contribution < -0.4 is 11.1 Å². The second-order valence-electron chi connectivity index (χ2n) is 4.58. The van der Waals surface area contributed by atoms with E-state index in [9.17, 15) is 0 Å². The molecule has 1 aliphatic rings. The summed E-state index contributed by atoms with van der Waals surface area (Å²) in [5, 5.41) is 3.38. The van der Waals surface area contributed by atoms with Gasteiger partial charge in [-0.25, -0.2) is 4.98 Å². The first-order valence-corrected chi connectivity index (χ1v) is 7.20. The number of anilines is 2. The van der Waals surface area contributed by atoms with Crippen LogP contribution in [0.25, 0.3) is 10.2 Å². The summed E-state index contributed by atoms with van der Waals surface area (Å²) in [6.45, 7) is 1.81. The molecule has 0 spiro atoms. The van der Waals surface area contributed by atoms with Crippen LogP contribution in [0.2, 0.25) is 0 Å². The minimum atomic E-state index is 0.418. The molecule has 1 saturated heterocycles. The summed E-state index contributed by atoms with van der Waals surface area (Å²) < 4.78 is 6.73. The normalized spacial score (nSPS) is 19.4. The maximum atomic E-state index is 6.11. The lowest BCUT2D eigenvalue weighted by Gasteiger charge is -2.12. The number of benzene rings is 1. The molecule has 2 heterocycles. The van der Waals surface area contributed by atoms with Crippen molar-refractivity contribution in [2.75, 3.05) is 24.2 Å². The minimum absolute atomic E-state index is 0.418. The first kappa shape index (κ1) is 11.7. The van der Waals surface area contributed by atoms with Crippen LogP contribution in [0.4, 0.5) is 11.4 Å². The number of nitrogens with one attached hydrogen (secondary N) is 1. The summed E-state index contributed by atoms with van der Waals surface area (Å²) in [5.74, 6) is 0. The largest absolute Gasteiger partial charge is 0.395 e. The summed E-state index contributed by atoms with van der Waals surface area (Å²) in [7, 11) is 0. The van der Waals surface area contributed by atoms with Gasteiger partial charge in [-0.05, 0) is 31.4 Å². The van der Waals surface area contributed by atoms with Crippen LogP contribution in [0.3, 0.4) is 0 Å². The second-order valence-corrected chi connectivity index (χ2v) is 5.46. The van der Waals surface area contributed by atoms with E-state index in [1.165, 1.54) is 12.8 Å². The molecular formula is C13H17N3OS. The van der Waals surface area contributed by atoms with Gasteiger partial charge in [-0.3, -0.25) is 0 Å². The first-order valence-electron chi connectivity index (χ1n) is 6.32. The Hall–Kier alpha value is -1.33. The van der Waals surface area contributed by atoms with Crippen LogP contribution >= 0.6 is 11.3 Å². The average Bonchev–Trinajstić information content (AvgIpc) is 3.02. The molecule has 0 amide bonds. The molecule has 5 heteroatoms. The Labute approximate surface area is 110 Å². The molecule has 1 aromatic heterocycles. The molecule has 2 aromatic rings. The van der Waals surface area contributed by atoms with Gasteiger partial charge < -0.3 is 15.8 Å². The SMILES string of the molecule is Nc1c(NCCC2CCCO2)ccc2scnc12. The second kappa shape index (κ2) is 5.12. The predicted octanol–water partition coefficient (Wildman–Crippen LogP) is 2.86. The molecule has 0 saturated carbocycles. The van der Waals surface area contributed by atoms with Crippen molar-refractivity contribution in [2.45, 2.75) is 25.4 Å². The van der Waals surface area contributed by atoms with E-state index < -0.39 is 0 Å². The van der Waals surface area contributed by atoms with E-state index in [4.69, 9.17) is 10.5 Å². The smallest absolute Gasteiger partial charge is 0.106 e. The lowest BCUT2D eigenvalue weighted by molar-refractivity contribution is 0.107. The highest BCUT2D eigenvalue weighted by Crippen LogP contribution is 2.30. The van der Waals surface area contributed by atoms with Gasteiger partial charge in [0.1, 0.15) is 5.52 Å². The number of nitrogen functional groups attached to an aromatic ring is 1. The summed E-state index contributed by atoms with van der Waals surface area (Å²) in [5.41, 5.74) is 10.6. The predicted molar refractivity (Wildman–Crippen MR) is 76.1 cm³/mol. The number of hydrogen-bond acceptors (Lipinski definition) is 5. The van der Waals surface area contributed by atoms with Gasteiger partial charge in [-0.1, -0.05) is 0 Å². The van der Waals surface area contributed by atoms with Gasteiger partial charge in [0.05, 0.1) is 27.7 Å². The highest BCUT2D eigenvalue weighted by Gasteiger charge is 2.15. The molecule has 1 aromatic carbocycles. The number of aromatic nitrogens is 1. The zero-order valence-corrected chi connectivity index (χ0v) is 11.0. The third kappa shape index (κ3) is 2.28. The van der Waals surface area contributed by atoms with Gasteiger partial charge in [-0.15, -0.1) is 11.3 Å². The van der Waals surface area contributed by atoms with Crippen molar-refractivity contribution >= 4 is 32.9 Å². The standard InChI is InChI=1S/C13H17N3OS/c14-12-10(3-4-11-13(12)16-8-18-11)15-6-5-9-2-1-7-17-9/h3-4,8-9,15H,1-2,5-7,14H2. The molecule has 1 atom stereocenters. The Morgan fingerprint density at radius 3 is 3.28 bits per heavy atom. The highest BCUT2D eigenvalue weighted by atomic mass is 32.1. The van der Waals surface area contributed by atoms with Crippen LogP contribution in [-0.2, 0) is 4.74 Å². The van der Waals surface area contributed by atoms with Gasteiger partial charge in [0, 0.05) is 13.2 Å². The Kier molecular flexibility index (Phi) is 3.34. The third-order valence-electron chi connectivity index (χ3n) is 3.35. The van der Waals surface area contributed by atoms with Gasteiger partial charge >= 0.3 is 0 Å². The number of nitrogens with two attached hydrogens (primary N) is 1. The maximum absolute atomic E-state index is 6.11. The van der Waals surface area contributed by atoms with Crippen LogP contribution in [0.1, 0.15) is 19.3 Å². The summed E-state index contributed by atoms with van der Waals surface area (Å²) in [4.78, 5) is 4.29. The number of nitrogens with zero attached hydrogens (tertiary/aromatic N) is 1. The first-order chi connectivity index (χ1) is 8.84. The molecule has 3 rings (SSSR count). The quantitative estimate of drug-likeness (QED) is 0.833. The molecule has 1 unspecified atom stereocenters. The van der Waals surface area contributed by atoms with Crippen molar-refractivity contribution < 1.29 is 4.74 Å². The van der Waals surface area contributed by atoms with E-state index in [0.29, 0.717) is 6.10 Å². The van der Waals surface area contributed by atoms with Gasteiger partial charge in [0.15, 0.2) is 0 Å². The molecular weight excluding hydrogens is 246 g/mol. The van der Waals surface area contributed by atoms with Gasteiger partial charge in [0.2, 0.25) is 0 Å². The molecule has 0 radical (unpaired) electrons. The lowest BCUT2D eigenvalue weighted by Crippen LogP contribution is -2.13. The van der Waals surface area contributed by atoms with Crippen LogP contribution in [0.5, 0.6) is 0 Å². The molecule has 0 aliphatic carbocycles. The van der Waals surface area contributed by atoms with Gasteiger partial charge in [0.25, 0.3) is 0 Å². The van der Waals surface area contributed by atoms with Crippen LogP contribution in [0.15, 0.2) is 17.6 Å². The number of ether oxygens (including phenoxy) is 1. The van der Waals surface area contributed by atoms with E-state index >= 15 is 0 Å². The van der Waals surface area contributed by atoms with Crippen molar-refractivity contribution in [1.82, 2.24) is 4.98 Å². The van der Waals surface area contributed by atoms with Crippen molar-refractivity contribution in [3.8, 4) is 0 Å². The zero-order valence-electron chi connectivity index (χ0n) is 10.2. The number of thiazole rings is 1. The zero-order chi connectivity index (χ0) is 12.4. The topological polar surface area (TPSA) is 60.2 Å². The fourth-order valence-corrected chi connectivity index (χ4v) is 3.04. The van der Waals surface area contributed by atoms with E-state index in [1.807, 2.05) is 11.6 Å². The number of hydrogen-bond donors (Lipinski definition) is 2. The monoisotopic (exact) mass is 263 g/mol. The van der Waals surface area contributed by atoms with E-state index in [1.54, 1.807) is 11.3 Å². The Balaban J connectivity index is 1.64. The van der Waals surface area contributed by atoms with E-state index in [0.717, 1.165) is 41.2 Å². The molecule has 1 aliphatic heterocycles. The Bertz CT molecular complexity index is 534. The average molecular weight is 263 g/mol. The van der Waals surface area contributed by atoms with Crippen molar-refractivity contribution in [1.29, 1.82) is 0 Å². The van der Waals surface area contributed by atoms with Crippen molar-refractivity contribution in [2.24, 2.45) is 0 Å². The Morgan fingerprint density at radius 1 is 1.50 bits per heavy atom. The van der Waals surface area contributed by atoms with Crippen molar-refractivity contribution in [3.05, 3.63) is 17.6 Å². The highest BCUT2D eigenvalue weighted by molar-refractivity contribution is 7.16. The number of rotatable bonds is 4. The number of fused-ring (bicyclic) bond motifs is 1. The third-order valence-corrected chi connectivity index (χ3v) is 4.14. The molecule has 18 heavy (non-hydrogen) atoms. The van der Waals surface area contributed by atoms with E-state index in [2.05, 4.69) is 16.4 Å². The molecule has 1 fully saturated rings.